The Morgan fingerprint density at radius 3 is 2.67 bits per heavy atom. The second-order valence-electron chi connectivity index (χ2n) is 5.35. The standard InChI is InChI=1S/C16H17N3O2/c1-19(16(21)14-8-7-12(20)10-18-14)15(11-5-6-11)13-4-2-3-9-17-13/h2-4,7-11,15,20H,5-6H2,1H3. The van der Waals surface area contributed by atoms with Crippen LogP contribution in [0.1, 0.15) is 35.1 Å². The van der Waals surface area contributed by atoms with Crippen molar-refractivity contribution in [3.05, 3.63) is 54.1 Å². The van der Waals surface area contributed by atoms with Crippen LogP contribution in [0.3, 0.4) is 0 Å². The van der Waals surface area contributed by atoms with E-state index < -0.39 is 0 Å². The Morgan fingerprint density at radius 1 is 1.29 bits per heavy atom. The predicted octanol–water partition coefficient (Wildman–Crippen LogP) is 2.41. The molecule has 1 atom stereocenters. The Labute approximate surface area is 123 Å². The number of nitrogens with zero attached hydrogens (tertiary/aromatic N) is 3. The van der Waals surface area contributed by atoms with Crippen molar-refractivity contribution in [1.82, 2.24) is 14.9 Å². The van der Waals surface area contributed by atoms with Gasteiger partial charge in [-0.1, -0.05) is 6.07 Å². The molecule has 1 N–H and O–H groups in total. The van der Waals surface area contributed by atoms with Crippen LogP contribution in [0.4, 0.5) is 0 Å². The minimum atomic E-state index is -0.155. The van der Waals surface area contributed by atoms with Crippen LogP contribution in [-0.2, 0) is 0 Å². The summed E-state index contributed by atoms with van der Waals surface area (Å²) in [5.74, 6) is 0.362. The van der Waals surface area contributed by atoms with E-state index in [2.05, 4.69) is 9.97 Å². The fourth-order valence-corrected chi connectivity index (χ4v) is 2.54. The lowest BCUT2D eigenvalue weighted by Crippen LogP contribution is -2.33. The molecule has 108 valence electrons. The zero-order valence-electron chi connectivity index (χ0n) is 11.8. The highest BCUT2D eigenvalue weighted by atomic mass is 16.3. The molecule has 0 aliphatic heterocycles. The van der Waals surface area contributed by atoms with Crippen LogP contribution in [-0.4, -0.2) is 32.9 Å². The first kappa shape index (κ1) is 13.5. The van der Waals surface area contributed by atoms with Crippen LogP contribution in [0.15, 0.2) is 42.7 Å². The summed E-state index contributed by atoms with van der Waals surface area (Å²) >= 11 is 0. The maximum Gasteiger partial charge on any atom is 0.272 e. The molecule has 0 bridgehead atoms. The third kappa shape index (κ3) is 2.86. The van der Waals surface area contributed by atoms with Gasteiger partial charge in [-0.2, -0.15) is 0 Å². The Hall–Kier alpha value is -2.43. The van der Waals surface area contributed by atoms with Gasteiger partial charge in [0.15, 0.2) is 0 Å². The molecule has 2 aromatic heterocycles. The summed E-state index contributed by atoms with van der Waals surface area (Å²) in [5, 5.41) is 9.27. The van der Waals surface area contributed by atoms with Gasteiger partial charge < -0.3 is 10.0 Å². The average Bonchev–Trinajstić information content (AvgIpc) is 3.33. The van der Waals surface area contributed by atoms with E-state index >= 15 is 0 Å². The van der Waals surface area contributed by atoms with Gasteiger partial charge in [0.05, 0.1) is 17.9 Å². The van der Waals surface area contributed by atoms with Gasteiger partial charge in [0, 0.05) is 13.2 Å². The van der Waals surface area contributed by atoms with E-state index in [0.29, 0.717) is 11.6 Å². The maximum atomic E-state index is 12.6. The van der Waals surface area contributed by atoms with Crippen molar-refractivity contribution in [1.29, 1.82) is 0 Å². The Kier molecular flexibility index (Phi) is 3.56. The molecule has 0 radical (unpaired) electrons. The molecular formula is C16H17N3O2. The molecule has 1 unspecified atom stereocenters. The second-order valence-corrected chi connectivity index (χ2v) is 5.35. The number of amides is 1. The fraction of sp³-hybridized carbons (Fsp3) is 0.312. The predicted molar refractivity (Wildman–Crippen MR) is 77.7 cm³/mol. The molecule has 21 heavy (non-hydrogen) atoms. The lowest BCUT2D eigenvalue weighted by Gasteiger charge is -2.27. The topological polar surface area (TPSA) is 66.3 Å². The highest BCUT2D eigenvalue weighted by Crippen LogP contribution is 2.43. The van der Waals surface area contributed by atoms with Gasteiger partial charge in [0.1, 0.15) is 11.4 Å². The molecule has 1 fully saturated rings. The molecule has 0 aromatic carbocycles. The second kappa shape index (κ2) is 5.52. The number of carbonyl (C=O) groups excluding carboxylic acids is 1. The smallest absolute Gasteiger partial charge is 0.272 e. The maximum absolute atomic E-state index is 12.6. The number of hydrogen-bond donors (Lipinski definition) is 1. The summed E-state index contributed by atoms with van der Waals surface area (Å²) in [6.45, 7) is 0. The van der Waals surface area contributed by atoms with Crippen molar-refractivity contribution in [2.45, 2.75) is 18.9 Å². The molecule has 1 aliphatic rings. The van der Waals surface area contributed by atoms with Gasteiger partial charge in [-0.25, -0.2) is 4.98 Å². The Balaban J connectivity index is 1.86. The third-order valence-corrected chi connectivity index (χ3v) is 3.76. The Bertz CT molecular complexity index is 624. The van der Waals surface area contributed by atoms with Gasteiger partial charge >= 0.3 is 0 Å². The molecule has 2 aromatic rings. The first-order valence-electron chi connectivity index (χ1n) is 7.00. The average molecular weight is 283 g/mol. The SMILES string of the molecule is CN(C(=O)c1ccc(O)cn1)C(c1ccccn1)C1CC1. The van der Waals surface area contributed by atoms with Crippen molar-refractivity contribution in [2.75, 3.05) is 7.05 Å². The largest absolute Gasteiger partial charge is 0.506 e. The first-order chi connectivity index (χ1) is 10.2. The zero-order chi connectivity index (χ0) is 14.8. The van der Waals surface area contributed by atoms with Gasteiger partial charge in [0.25, 0.3) is 5.91 Å². The molecule has 0 spiro atoms. The molecular weight excluding hydrogens is 266 g/mol. The van der Waals surface area contributed by atoms with Crippen LogP contribution in [0.25, 0.3) is 0 Å². The van der Waals surface area contributed by atoms with Crippen molar-refractivity contribution in [3.8, 4) is 5.75 Å². The van der Waals surface area contributed by atoms with Gasteiger partial charge in [-0.05, 0) is 43.0 Å². The Morgan fingerprint density at radius 2 is 2.10 bits per heavy atom. The summed E-state index contributed by atoms with van der Waals surface area (Å²) in [6, 6.07) is 8.76. The minimum Gasteiger partial charge on any atom is -0.506 e. The van der Waals surface area contributed by atoms with Crippen molar-refractivity contribution < 1.29 is 9.90 Å². The summed E-state index contributed by atoms with van der Waals surface area (Å²) in [6.07, 6.45) is 5.26. The molecule has 1 aliphatic carbocycles. The highest BCUT2D eigenvalue weighted by Gasteiger charge is 2.38. The lowest BCUT2D eigenvalue weighted by molar-refractivity contribution is 0.0701. The number of rotatable bonds is 4. The number of hydrogen-bond acceptors (Lipinski definition) is 4. The van der Waals surface area contributed by atoms with E-state index in [1.807, 2.05) is 18.2 Å². The summed E-state index contributed by atoms with van der Waals surface area (Å²) < 4.78 is 0. The van der Waals surface area contributed by atoms with Gasteiger partial charge in [0.2, 0.25) is 0 Å². The lowest BCUT2D eigenvalue weighted by atomic mass is 10.1. The van der Waals surface area contributed by atoms with Crippen LogP contribution >= 0.6 is 0 Å². The van der Waals surface area contributed by atoms with Crippen LogP contribution in [0.5, 0.6) is 5.75 Å². The molecule has 5 nitrogen and oxygen atoms in total. The summed E-state index contributed by atoms with van der Waals surface area (Å²) in [5.41, 5.74) is 1.24. The molecule has 3 rings (SSSR count). The highest BCUT2D eigenvalue weighted by molar-refractivity contribution is 5.92. The van der Waals surface area contributed by atoms with Crippen molar-refractivity contribution >= 4 is 5.91 Å². The number of aromatic nitrogens is 2. The molecule has 0 saturated heterocycles. The van der Waals surface area contributed by atoms with E-state index in [1.165, 1.54) is 18.3 Å². The quantitative estimate of drug-likeness (QED) is 0.935. The van der Waals surface area contributed by atoms with Crippen molar-refractivity contribution in [2.24, 2.45) is 5.92 Å². The number of carbonyl (C=O) groups is 1. The van der Waals surface area contributed by atoms with Crippen LogP contribution in [0, 0.1) is 5.92 Å². The molecule has 5 heteroatoms. The van der Waals surface area contributed by atoms with Gasteiger partial charge in [-0.3, -0.25) is 9.78 Å². The van der Waals surface area contributed by atoms with E-state index in [1.54, 1.807) is 18.1 Å². The normalized spacial score (nSPS) is 15.5. The number of pyridine rings is 2. The van der Waals surface area contributed by atoms with E-state index in [4.69, 9.17) is 0 Å². The van der Waals surface area contributed by atoms with Crippen molar-refractivity contribution in [3.63, 3.8) is 0 Å². The van der Waals surface area contributed by atoms with Gasteiger partial charge in [-0.15, -0.1) is 0 Å². The summed E-state index contributed by atoms with van der Waals surface area (Å²) in [4.78, 5) is 22.7. The molecule has 1 saturated carbocycles. The molecule has 2 heterocycles. The monoisotopic (exact) mass is 283 g/mol. The zero-order valence-corrected chi connectivity index (χ0v) is 11.8. The number of aromatic hydroxyl groups is 1. The first-order valence-corrected chi connectivity index (χ1v) is 7.00. The van der Waals surface area contributed by atoms with E-state index in [0.717, 1.165) is 18.5 Å². The van der Waals surface area contributed by atoms with E-state index in [9.17, 15) is 9.90 Å². The third-order valence-electron chi connectivity index (χ3n) is 3.76. The minimum absolute atomic E-state index is 0.0192. The van der Waals surface area contributed by atoms with Crippen LogP contribution < -0.4 is 0 Å². The van der Waals surface area contributed by atoms with E-state index in [-0.39, 0.29) is 17.7 Å². The summed E-state index contributed by atoms with van der Waals surface area (Å²) in [7, 11) is 1.79. The van der Waals surface area contributed by atoms with Crippen LogP contribution in [0.2, 0.25) is 0 Å². The molecule has 1 amide bonds. The fourth-order valence-electron chi connectivity index (χ4n) is 2.54.